The lowest BCUT2D eigenvalue weighted by Crippen LogP contribution is -2.33. The van der Waals surface area contributed by atoms with E-state index < -0.39 is 0 Å². The maximum absolute atomic E-state index is 5.24. The molecular formula is C19H23N5O. The molecule has 0 saturated carbocycles. The van der Waals surface area contributed by atoms with E-state index >= 15 is 0 Å². The van der Waals surface area contributed by atoms with Crippen molar-refractivity contribution in [3.05, 3.63) is 54.0 Å². The van der Waals surface area contributed by atoms with Gasteiger partial charge in [-0.05, 0) is 55.1 Å². The van der Waals surface area contributed by atoms with Gasteiger partial charge in [0.1, 0.15) is 5.75 Å². The van der Waals surface area contributed by atoms with E-state index in [4.69, 9.17) is 4.74 Å². The highest BCUT2D eigenvalue weighted by molar-refractivity contribution is 5.63. The van der Waals surface area contributed by atoms with Crippen LogP contribution in [0.25, 0.3) is 11.3 Å². The first kappa shape index (κ1) is 15.9. The zero-order valence-electron chi connectivity index (χ0n) is 14.4. The molecule has 3 heterocycles. The molecule has 25 heavy (non-hydrogen) atoms. The highest BCUT2D eigenvalue weighted by atomic mass is 16.5. The van der Waals surface area contributed by atoms with E-state index in [2.05, 4.69) is 37.4 Å². The maximum Gasteiger partial charge on any atom is 0.118 e. The number of nitrogens with zero attached hydrogens (tertiary/aromatic N) is 3. The fourth-order valence-corrected chi connectivity index (χ4v) is 3.63. The van der Waals surface area contributed by atoms with Crippen LogP contribution < -0.4 is 4.74 Å². The lowest BCUT2D eigenvalue weighted by molar-refractivity contribution is 0.200. The molecule has 1 aliphatic heterocycles. The van der Waals surface area contributed by atoms with Crippen molar-refractivity contribution in [2.24, 2.45) is 0 Å². The summed E-state index contributed by atoms with van der Waals surface area (Å²) in [6.07, 6.45) is 8.36. The second kappa shape index (κ2) is 7.11. The Morgan fingerprint density at radius 2 is 2.08 bits per heavy atom. The average Bonchev–Trinajstić information content (AvgIpc) is 3.34. The first-order valence-electron chi connectivity index (χ1n) is 8.71. The zero-order valence-corrected chi connectivity index (χ0v) is 14.4. The van der Waals surface area contributed by atoms with Gasteiger partial charge in [-0.25, -0.2) is 0 Å². The fourth-order valence-electron chi connectivity index (χ4n) is 3.63. The van der Waals surface area contributed by atoms with Crippen molar-refractivity contribution in [2.45, 2.75) is 25.3 Å². The van der Waals surface area contributed by atoms with Crippen molar-refractivity contribution in [3.8, 4) is 17.0 Å². The SMILES string of the molecule is COc1ccc(-c2[nH]ncc2CN2CCC[C@@H](c3cn[nH]c3)C2)cc1. The molecule has 0 spiro atoms. The van der Waals surface area contributed by atoms with Gasteiger partial charge in [-0.1, -0.05) is 0 Å². The fraction of sp³-hybridized carbons (Fsp3) is 0.368. The average molecular weight is 337 g/mol. The van der Waals surface area contributed by atoms with Crippen molar-refractivity contribution in [3.63, 3.8) is 0 Å². The standard InChI is InChI=1S/C19H23N5O/c1-25-18-6-4-14(5-7-18)19-17(11-22-23-19)13-24-8-2-3-15(12-24)16-9-20-21-10-16/h4-7,9-11,15H,2-3,8,12-13H2,1H3,(H,20,21)(H,22,23)/t15-/m1/s1. The minimum Gasteiger partial charge on any atom is -0.497 e. The Labute approximate surface area is 147 Å². The smallest absolute Gasteiger partial charge is 0.118 e. The summed E-state index contributed by atoms with van der Waals surface area (Å²) in [6.45, 7) is 3.10. The van der Waals surface area contributed by atoms with Crippen LogP contribution in [-0.2, 0) is 6.54 Å². The van der Waals surface area contributed by atoms with Gasteiger partial charge >= 0.3 is 0 Å². The molecule has 6 heteroatoms. The summed E-state index contributed by atoms with van der Waals surface area (Å²) in [5.74, 6) is 1.42. The van der Waals surface area contributed by atoms with E-state index in [1.165, 1.54) is 24.0 Å². The third-order valence-electron chi connectivity index (χ3n) is 4.99. The number of methoxy groups -OCH3 is 1. The topological polar surface area (TPSA) is 69.8 Å². The van der Waals surface area contributed by atoms with Crippen LogP contribution in [0.1, 0.15) is 29.9 Å². The summed E-state index contributed by atoms with van der Waals surface area (Å²) in [4.78, 5) is 2.51. The Hall–Kier alpha value is -2.60. The van der Waals surface area contributed by atoms with Gasteiger partial charge in [-0.2, -0.15) is 10.2 Å². The number of rotatable bonds is 5. The van der Waals surface area contributed by atoms with E-state index in [1.54, 1.807) is 7.11 Å². The van der Waals surface area contributed by atoms with Crippen molar-refractivity contribution < 1.29 is 4.74 Å². The molecule has 2 N–H and O–H groups in total. The number of aromatic amines is 2. The number of nitrogens with one attached hydrogen (secondary N) is 2. The predicted octanol–water partition coefficient (Wildman–Crippen LogP) is 3.19. The van der Waals surface area contributed by atoms with Crippen molar-refractivity contribution in [2.75, 3.05) is 20.2 Å². The molecule has 0 bridgehead atoms. The number of benzene rings is 1. The first-order chi connectivity index (χ1) is 12.3. The molecular weight excluding hydrogens is 314 g/mol. The monoisotopic (exact) mass is 337 g/mol. The number of likely N-dealkylation sites (tertiary alicyclic amines) is 1. The third-order valence-corrected chi connectivity index (χ3v) is 4.99. The highest BCUT2D eigenvalue weighted by Crippen LogP contribution is 2.29. The summed E-state index contributed by atoms with van der Waals surface area (Å²) in [5.41, 5.74) is 4.77. The molecule has 1 aromatic carbocycles. The molecule has 1 fully saturated rings. The Kier molecular flexibility index (Phi) is 4.52. The van der Waals surface area contributed by atoms with Gasteiger partial charge in [-0.15, -0.1) is 0 Å². The molecule has 6 nitrogen and oxygen atoms in total. The zero-order chi connectivity index (χ0) is 17.1. The van der Waals surface area contributed by atoms with Crippen LogP contribution in [0.4, 0.5) is 0 Å². The number of aromatic nitrogens is 4. The van der Waals surface area contributed by atoms with Crippen LogP contribution in [0.2, 0.25) is 0 Å². The molecule has 0 aliphatic carbocycles. The number of piperidine rings is 1. The minimum absolute atomic E-state index is 0.559. The molecule has 0 amide bonds. The van der Waals surface area contributed by atoms with Gasteiger partial charge in [-0.3, -0.25) is 15.1 Å². The number of hydrogen-bond donors (Lipinski definition) is 2. The second-order valence-corrected chi connectivity index (χ2v) is 6.60. The van der Waals surface area contributed by atoms with Crippen molar-refractivity contribution in [1.29, 1.82) is 0 Å². The molecule has 2 aromatic heterocycles. The molecule has 130 valence electrons. The molecule has 0 radical (unpaired) electrons. The van der Waals surface area contributed by atoms with Crippen LogP contribution in [0, 0.1) is 0 Å². The predicted molar refractivity (Wildman–Crippen MR) is 96.4 cm³/mol. The second-order valence-electron chi connectivity index (χ2n) is 6.60. The molecule has 1 saturated heterocycles. The van der Waals surface area contributed by atoms with Crippen LogP contribution in [0.3, 0.4) is 0 Å². The van der Waals surface area contributed by atoms with Crippen LogP contribution in [0.15, 0.2) is 42.9 Å². The Morgan fingerprint density at radius 3 is 2.84 bits per heavy atom. The summed E-state index contributed by atoms with van der Waals surface area (Å²) in [7, 11) is 1.68. The largest absolute Gasteiger partial charge is 0.497 e. The maximum atomic E-state index is 5.24. The van der Waals surface area contributed by atoms with E-state index in [0.29, 0.717) is 5.92 Å². The number of ether oxygens (including phenoxy) is 1. The van der Waals surface area contributed by atoms with E-state index in [0.717, 1.165) is 36.6 Å². The summed E-state index contributed by atoms with van der Waals surface area (Å²) in [5, 5.41) is 14.5. The Balaban J connectivity index is 1.48. The lowest BCUT2D eigenvalue weighted by Gasteiger charge is -2.32. The van der Waals surface area contributed by atoms with Crippen LogP contribution >= 0.6 is 0 Å². The van der Waals surface area contributed by atoms with Gasteiger partial charge in [0, 0.05) is 30.4 Å². The van der Waals surface area contributed by atoms with Gasteiger partial charge in [0.25, 0.3) is 0 Å². The van der Waals surface area contributed by atoms with Crippen molar-refractivity contribution in [1.82, 2.24) is 25.3 Å². The molecule has 0 unspecified atom stereocenters. The van der Waals surface area contributed by atoms with Gasteiger partial charge in [0.2, 0.25) is 0 Å². The Morgan fingerprint density at radius 1 is 1.20 bits per heavy atom. The Bertz CT molecular complexity index is 794. The van der Waals surface area contributed by atoms with E-state index in [9.17, 15) is 0 Å². The van der Waals surface area contributed by atoms with Gasteiger partial charge in [0.15, 0.2) is 0 Å². The first-order valence-corrected chi connectivity index (χ1v) is 8.71. The van der Waals surface area contributed by atoms with Gasteiger partial charge < -0.3 is 4.74 Å². The summed E-state index contributed by atoms with van der Waals surface area (Å²) in [6, 6.07) is 8.10. The quantitative estimate of drug-likeness (QED) is 0.750. The minimum atomic E-state index is 0.559. The summed E-state index contributed by atoms with van der Waals surface area (Å²) < 4.78 is 5.24. The van der Waals surface area contributed by atoms with E-state index in [1.807, 2.05) is 30.7 Å². The highest BCUT2D eigenvalue weighted by Gasteiger charge is 2.23. The van der Waals surface area contributed by atoms with Gasteiger partial charge in [0.05, 0.1) is 25.2 Å². The van der Waals surface area contributed by atoms with Crippen LogP contribution in [0.5, 0.6) is 5.75 Å². The third kappa shape index (κ3) is 3.44. The lowest BCUT2D eigenvalue weighted by atomic mass is 9.92. The van der Waals surface area contributed by atoms with E-state index in [-0.39, 0.29) is 0 Å². The molecule has 1 atom stereocenters. The molecule has 3 aromatic rings. The number of hydrogen-bond acceptors (Lipinski definition) is 4. The normalized spacial score (nSPS) is 18.4. The summed E-state index contributed by atoms with van der Waals surface area (Å²) >= 11 is 0. The number of H-pyrrole nitrogens is 2. The van der Waals surface area contributed by atoms with Crippen LogP contribution in [-0.4, -0.2) is 45.5 Å². The molecule has 1 aliphatic rings. The van der Waals surface area contributed by atoms with Crippen molar-refractivity contribution >= 4 is 0 Å². The molecule has 4 rings (SSSR count).